The Hall–Kier alpha value is -1.71. The molecule has 0 unspecified atom stereocenters. The van der Waals surface area contributed by atoms with E-state index < -0.39 is 0 Å². The van der Waals surface area contributed by atoms with Crippen molar-refractivity contribution >= 4 is 5.96 Å². The van der Waals surface area contributed by atoms with Crippen LogP contribution in [0.15, 0.2) is 29.3 Å². The molecule has 0 bridgehead atoms. The number of aryl methyl sites for hydroxylation is 1. The van der Waals surface area contributed by atoms with Crippen LogP contribution in [0.5, 0.6) is 5.75 Å². The quantitative estimate of drug-likeness (QED) is 0.454. The van der Waals surface area contributed by atoms with E-state index in [1.54, 1.807) is 7.11 Å². The van der Waals surface area contributed by atoms with E-state index in [4.69, 9.17) is 4.74 Å². The lowest BCUT2D eigenvalue weighted by Crippen LogP contribution is -2.39. The van der Waals surface area contributed by atoms with Gasteiger partial charge in [0.2, 0.25) is 0 Å². The van der Waals surface area contributed by atoms with E-state index in [-0.39, 0.29) is 0 Å². The third kappa shape index (κ3) is 6.52. The fourth-order valence-corrected chi connectivity index (χ4v) is 2.21. The van der Waals surface area contributed by atoms with Gasteiger partial charge in [0.15, 0.2) is 5.96 Å². The molecule has 0 saturated carbocycles. The molecule has 0 amide bonds. The van der Waals surface area contributed by atoms with Crippen LogP contribution in [-0.4, -0.2) is 45.2 Å². The minimum atomic E-state index is 0.926. The number of rotatable bonds is 8. The first-order valence-corrected chi connectivity index (χ1v) is 7.76. The predicted octanol–water partition coefficient (Wildman–Crippen LogP) is 2.94. The van der Waals surface area contributed by atoms with E-state index in [1.807, 2.05) is 19.2 Å². The Morgan fingerprint density at radius 1 is 1.33 bits per heavy atom. The molecule has 1 rings (SSSR count). The van der Waals surface area contributed by atoms with Gasteiger partial charge < -0.3 is 15.0 Å². The molecule has 0 heterocycles. The van der Waals surface area contributed by atoms with Crippen molar-refractivity contribution in [1.29, 1.82) is 0 Å². The summed E-state index contributed by atoms with van der Waals surface area (Å²) in [5.74, 6) is 1.91. The first kappa shape index (κ1) is 17.3. The summed E-state index contributed by atoms with van der Waals surface area (Å²) in [5.41, 5.74) is 1.31. The van der Waals surface area contributed by atoms with E-state index in [9.17, 15) is 0 Å². The number of methoxy groups -OCH3 is 1. The van der Waals surface area contributed by atoms with Gasteiger partial charge in [-0.15, -0.1) is 0 Å². The molecule has 118 valence electrons. The van der Waals surface area contributed by atoms with E-state index in [0.717, 1.165) is 37.6 Å². The van der Waals surface area contributed by atoms with Crippen LogP contribution in [0.25, 0.3) is 0 Å². The molecule has 0 aliphatic carbocycles. The summed E-state index contributed by atoms with van der Waals surface area (Å²) in [6.45, 7) is 4.19. The van der Waals surface area contributed by atoms with Crippen LogP contribution >= 0.6 is 0 Å². The molecule has 1 aromatic carbocycles. The highest BCUT2D eigenvalue weighted by Crippen LogP contribution is 2.13. The summed E-state index contributed by atoms with van der Waals surface area (Å²) in [6, 6.07) is 8.26. The van der Waals surface area contributed by atoms with Gasteiger partial charge in [-0.3, -0.25) is 4.99 Å². The highest BCUT2D eigenvalue weighted by molar-refractivity contribution is 5.79. The predicted molar refractivity (Wildman–Crippen MR) is 90.2 cm³/mol. The van der Waals surface area contributed by atoms with Gasteiger partial charge in [-0.1, -0.05) is 25.5 Å². The first-order valence-electron chi connectivity index (χ1n) is 7.76. The number of hydrogen-bond donors (Lipinski definition) is 1. The number of guanidine groups is 1. The third-order valence-corrected chi connectivity index (χ3v) is 3.48. The number of unbranched alkanes of at least 4 members (excludes halogenated alkanes) is 1. The standard InChI is InChI=1S/C17H29N3O/c1-5-6-13-20(3)17(18-2)19-12-8-10-15-9-7-11-16(14-15)21-4/h7,9,11,14H,5-6,8,10,12-13H2,1-4H3,(H,18,19). The van der Waals surface area contributed by atoms with Crippen LogP contribution in [-0.2, 0) is 6.42 Å². The molecule has 0 aliphatic rings. The number of aliphatic imine (C=N–C) groups is 1. The largest absolute Gasteiger partial charge is 0.497 e. The average Bonchev–Trinajstić information content (AvgIpc) is 2.52. The average molecular weight is 291 g/mol. The monoisotopic (exact) mass is 291 g/mol. The van der Waals surface area contributed by atoms with Crippen molar-refractivity contribution < 1.29 is 4.74 Å². The highest BCUT2D eigenvalue weighted by Gasteiger charge is 2.04. The molecular formula is C17H29N3O. The minimum Gasteiger partial charge on any atom is -0.497 e. The van der Waals surface area contributed by atoms with Gasteiger partial charge in [0.25, 0.3) is 0 Å². The molecule has 0 fully saturated rings. The van der Waals surface area contributed by atoms with Gasteiger partial charge in [-0.05, 0) is 37.0 Å². The van der Waals surface area contributed by atoms with Gasteiger partial charge in [0, 0.05) is 27.2 Å². The Balaban J connectivity index is 2.31. The maximum Gasteiger partial charge on any atom is 0.193 e. The van der Waals surface area contributed by atoms with Crippen LogP contribution in [0.4, 0.5) is 0 Å². The Morgan fingerprint density at radius 2 is 2.14 bits per heavy atom. The van der Waals surface area contributed by atoms with Crippen molar-refractivity contribution in [3.05, 3.63) is 29.8 Å². The van der Waals surface area contributed by atoms with Gasteiger partial charge in [-0.2, -0.15) is 0 Å². The summed E-state index contributed by atoms with van der Waals surface area (Å²) in [6.07, 6.45) is 4.52. The van der Waals surface area contributed by atoms with Crippen molar-refractivity contribution in [2.24, 2.45) is 4.99 Å². The van der Waals surface area contributed by atoms with Gasteiger partial charge >= 0.3 is 0 Å². The molecule has 0 spiro atoms. The number of benzene rings is 1. The van der Waals surface area contributed by atoms with Gasteiger partial charge in [0.05, 0.1) is 7.11 Å². The molecule has 0 radical (unpaired) electrons. The smallest absolute Gasteiger partial charge is 0.193 e. The van der Waals surface area contributed by atoms with E-state index >= 15 is 0 Å². The molecule has 0 atom stereocenters. The van der Waals surface area contributed by atoms with Gasteiger partial charge in [-0.25, -0.2) is 0 Å². The van der Waals surface area contributed by atoms with Crippen molar-refractivity contribution in [2.45, 2.75) is 32.6 Å². The SMILES string of the molecule is CCCCN(C)C(=NC)NCCCc1cccc(OC)c1. The Kier molecular flexibility index (Phi) is 8.32. The molecule has 0 aliphatic heterocycles. The van der Waals surface area contributed by atoms with Crippen LogP contribution in [0.3, 0.4) is 0 Å². The lowest BCUT2D eigenvalue weighted by molar-refractivity contribution is 0.414. The second-order valence-electron chi connectivity index (χ2n) is 5.20. The van der Waals surface area contributed by atoms with Crippen molar-refractivity contribution in [1.82, 2.24) is 10.2 Å². The topological polar surface area (TPSA) is 36.9 Å². The van der Waals surface area contributed by atoms with E-state index in [1.165, 1.54) is 18.4 Å². The summed E-state index contributed by atoms with van der Waals surface area (Å²) in [4.78, 5) is 6.51. The van der Waals surface area contributed by atoms with E-state index in [2.05, 4.69) is 41.3 Å². The Bertz CT molecular complexity index is 432. The van der Waals surface area contributed by atoms with Gasteiger partial charge in [0.1, 0.15) is 5.75 Å². The molecule has 1 aromatic rings. The zero-order chi connectivity index (χ0) is 15.5. The zero-order valence-corrected chi connectivity index (χ0v) is 13.9. The molecule has 1 N–H and O–H groups in total. The maximum atomic E-state index is 5.24. The van der Waals surface area contributed by atoms with E-state index in [0.29, 0.717) is 0 Å². The summed E-state index contributed by atoms with van der Waals surface area (Å²) in [5, 5.41) is 3.42. The van der Waals surface area contributed by atoms with Crippen LogP contribution < -0.4 is 10.1 Å². The summed E-state index contributed by atoms with van der Waals surface area (Å²) < 4.78 is 5.24. The fourth-order valence-electron chi connectivity index (χ4n) is 2.21. The lowest BCUT2D eigenvalue weighted by atomic mass is 10.1. The second kappa shape index (κ2) is 10.1. The fraction of sp³-hybridized carbons (Fsp3) is 0.588. The summed E-state index contributed by atoms with van der Waals surface area (Å²) in [7, 11) is 5.64. The Labute approximate surface area is 129 Å². The molecule has 4 heteroatoms. The Morgan fingerprint density at radius 3 is 2.81 bits per heavy atom. The maximum absolute atomic E-state index is 5.24. The van der Waals surface area contributed by atoms with Crippen LogP contribution in [0.1, 0.15) is 31.7 Å². The first-order chi connectivity index (χ1) is 10.2. The molecule has 4 nitrogen and oxygen atoms in total. The number of nitrogens with zero attached hydrogens (tertiary/aromatic N) is 2. The zero-order valence-electron chi connectivity index (χ0n) is 13.9. The minimum absolute atomic E-state index is 0.926. The number of ether oxygens (including phenoxy) is 1. The molecular weight excluding hydrogens is 262 g/mol. The highest BCUT2D eigenvalue weighted by atomic mass is 16.5. The van der Waals surface area contributed by atoms with Crippen LogP contribution in [0, 0.1) is 0 Å². The summed E-state index contributed by atoms with van der Waals surface area (Å²) >= 11 is 0. The molecule has 0 saturated heterocycles. The van der Waals surface area contributed by atoms with Crippen molar-refractivity contribution in [3.63, 3.8) is 0 Å². The molecule has 0 aromatic heterocycles. The third-order valence-electron chi connectivity index (χ3n) is 3.48. The lowest BCUT2D eigenvalue weighted by Gasteiger charge is -2.21. The number of nitrogens with one attached hydrogen (secondary N) is 1. The number of hydrogen-bond acceptors (Lipinski definition) is 2. The molecule has 21 heavy (non-hydrogen) atoms. The van der Waals surface area contributed by atoms with Crippen molar-refractivity contribution in [3.8, 4) is 5.75 Å². The van der Waals surface area contributed by atoms with Crippen molar-refractivity contribution in [2.75, 3.05) is 34.3 Å². The second-order valence-corrected chi connectivity index (χ2v) is 5.20. The normalized spacial score (nSPS) is 11.3. The van der Waals surface area contributed by atoms with Crippen LogP contribution in [0.2, 0.25) is 0 Å².